The van der Waals surface area contributed by atoms with Crippen molar-refractivity contribution in [1.29, 1.82) is 0 Å². The van der Waals surface area contributed by atoms with E-state index in [2.05, 4.69) is 11.4 Å². The van der Waals surface area contributed by atoms with Gasteiger partial charge >= 0.3 is 0 Å². The second kappa shape index (κ2) is 9.17. The van der Waals surface area contributed by atoms with Gasteiger partial charge in [-0.25, -0.2) is 0 Å². The fourth-order valence-electron chi connectivity index (χ4n) is 5.01. The Morgan fingerprint density at radius 1 is 1.17 bits per heavy atom. The molecule has 0 aromatic carbocycles. The van der Waals surface area contributed by atoms with Crippen LogP contribution < -0.4 is 5.32 Å². The van der Waals surface area contributed by atoms with E-state index < -0.39 is 5.41 Å². The van der Waals surface area contributed by atoms with Crippen molar-refractivity contribution in [3.63, 3.8) is 0 Å². The van der Waals surface area contributed by atoms with E-state index in [1.807, 2.05) is 4.90 Å². The molecule has 2 aliphatic carbocycles. The van der Waals surface area contributed by atoms with Gasteiger partial charge in [0.05, 0.1) is 16.4 Å². The van der Waals surface area contributed by atoms with Gasteiger partial charge in [-0.15, -0.1) is 11.3 Å². The number of hydrogen-bond acceptors (Lipinski definition) is 4. The van der Waals surface area contributed by atoms with Crippen molar-refractivity contribution in [2.75, 3.05) is 26.7 Å². The number of carbonyl (C=O) groups excluding carboxylic acids is 2. The Balaban J connectivity index is 1.38. The van der Waals surface area contributed by atoms with Gasteiger partial charge in [0, 0.05) is 31.6 Å². The molecule has 4 rings (SSSR count). The van der Waals surface area contributed by atoms with Crippen molar-refractivity contribution in [3.8, 4) is 0 Å². The predicted octanol–water partition coefficient (Wildman–Crippen LogP) is 3.94. The minimum absolute atomic E-state index is 0.00534. The van der Waals surface area contributed by atoms with Gasteiger partial charge in [0.1, 0.15) is 0 Å². The Bertz CT molecular complexity index is 715. The molecule has 0 radical (unpaired) electrons. The molecule has 3 aliphatic rings. The van der Waals surface area contributed by atoms with Gasteiger partial charge in [-0.3, -0.25) is 9.59 Å². The quantitative estimate of drug-likeness (QED) is 0.788. The van der Waals surface area contributed by atoms with Crippen LogP contribution in [0.25, 0.3) is 0 Å². The van der Waals surface area contributed by atoms with Crippen LogP contribution in [0.2, 0.25) is 0 Å². The molecule has 1 saturated heterocycles. The molecule has 1 atom stereocenters. The molecule has 5 nitrogen and oxygen atoms in total. The highest BCUT2D eigenvalue weighted by molar-refractivity contribution is 7.14. The number of carbonyl (C=O) groups is 2. The Kier molecular flexibility index (Phi) is 6.60. The van der Waals surface area contributed by atoms with Crippen molar-refractivity contribution in [2.24, 2.45) is 5.41 Å². The van der Waals surface area contributed by atoms with Gasteiger partial charge in [-0.05, 0) is 63.0 Å². The van der Waals surface area contributed by atoms with Crippen LogP contribution in [0.15, 0.2) is 6.07 Å². The Morgan fingerprint density at radius 3 is 2.69 bits per heavy atom. The van der Waals surface area contributed by atoms with Gasteiger partial charge in [-0.1, -0.05) is 19.3 Å². The SMILES string of the molecule is COC1CCCN(C(=O)C2(CNC(=O)c3cc4c(s3)CCCCCC4)CCC2)C1. The van der Waals surface area contributed by atoms with Crippen LogP contribution in [0.3, 0.4) is 0 Å². The lowest BCUT2D eigenvalue weighted by molar-refractivity contribution is -0.150. The molecule has 29 heavy (non-hydrogen) atoms. The molecule has 1 aromatic heterocycles. The van der Waals surface area contributed by atoms with Gasteiger partial charge in [0.2, 0.25) is 5.91 Å². The lowest BCUT2D eigenvalue weighted by atomic mass is 9.67. The summed E-state index contributed by atoms with van der Waals surface area (Å²) < 4.78 is 5.49. The molecule has 0 spiro atoms. The first-order valence-electron chi connectivity index (χ1n) is 11.3. The minimum Gasteiger partial charge on any atom is -0.380 e. The number of hydrogen-bond donors (Lipinski definition) is 1. The summed E-state index contributed by atoms with van der Waals surface area (Å²) in [6.07, 6.45) is 12.2. The normalized spacial score (nSPS) is 24.0. The average Bonchev–Trinajstić information content (AvgIpc) is 3.09. The third-order valence-electron chi connectivity index (χ3n) is 7.07. The van der Waals surface area contributed by atoms with Crippen molar-refractivity contribution < 1.29 is 14.3 Å². The van der Waals surface area contributed by atoms with E-state index in [4.69, 9.17) is 4.74 Å². The molecule has 160 valence electrons. The first-order chi connectivity index (χ1) is 14.1. The highest BCUT2D eigenvalue weighted by Gasteiger charge is 2.47. The fourth-order valence-corrected chi connectivity index (χ4v) is 6.18. The zero-order valence-corrected chi connectivity index (χ0v) is 18.5. The molecule has 1 saturated carbocycles. The van der Waals surface area contributed by atoms with Crippen LogP contribution in [0.1, 0.15) is 77.9 Å². The maximum atomic E-state index is 13.3. The van der Waals surface area contributed by atoms with E-state index in [0.717, 1.165) is 56.4 Å². The molecular weight excluding hydrogens is 384 g/mol. The molecule has 1 unspecified atom stereocenters. The number of rotatable bonds is 5. The monoisotopic (exact) mass is 418 g/mol. The first kappa shape index (κ1) is 20.9. The molecule has 2 amide bonds. The van der Waals surface area contributed by atoms with E-state index in [9.17, 15) is 9.59 Å². The highest BCUT2D eigenvalue weighted by atomic mass is 32.1. The third kappa shape index (κ3) is 4.53. The Morgan fingerprint density at radius 2 is 1.97 bits per heavy atom. The maximum Gasteiger partial charge on any atom is 0.261 e. The molecule has 6 heteroatoms. The summed E-state index contributed by atoms with van der Waals surface area (Å²) in [5.74, 6) is 0.207. The largest absolute Gasteiger partial charge is 0.380 e. The summed E-state index contributed by atoms with van der Waals surface area (Å²) in [6.45, 7) is 1.95. The van der Waals surface area contributed by atoms with Crippen molar-refractivity contribution in [3.05, 3.63) is 21.4 Å². The van der Waals surface area contributed by atoms with E-state index in [1.54, 1.807) is 18.4 Å². The lowest BCUT2D eigenvalue weighted by Gasteiger charge is -2.45. The molecule has 1 aromatic rings. The number of aryl methyl sites for hydroxylation is 2. The number of fused-ring (bicyclic) bond motifs is 1. The Hall–Kier alpha value is -1.40. The van der Waals surface area contributed by atoms with Crippen LogP contribution in [-0.4, -0.2) is 49.6 Å². The van der Waals surface area contributed by atoms with E-state index in [-0.39, 0.29) is 17.9 Å². The third-order valence-corrected chi connectivity index (χ3v) is 8.31. The number of amides is 2. The smallest absolute Gasteiger partial charge is 0.261 e. The zero-order valence-electron chi connectivity index (χ0n) is 17.6. The summed E-state index contributed by atoms with van der Waals surface area (Å²) in [7, 11) is 1.72. The highest BCUT2D eigenvalue weighted by Crippen LogP contribution is 2.42. The van der Waals surface area contributed by atoms with Crippen LogP contribution in [-0.2, 0) is 22.4 Å². The van der Waals surface area contributed by atoms with E-state index in [0.29, 0.717) is 13.1 Å². The number of thiophene rings is 1. The molecule has 2 fully saturated rings. The van der Waals surface area contributed by atoms with E-state index >= 15 is 0 Å². The average molecular weight is 419 g/mol. The fraction of sp³-hybridized carbons (Fsp3) is 0.739. The summed E-state index contributed by atoms with van der Waals surface area (Å²) in [5, 5.41) is 3.12. The van der Waals surface area contributed by atoms with Crippen LogP contribution in [0, 0.1) is 5.41 Å². The van der Waals surface area contributed by atoms with Gasteiger partial charge in [0.15, 0.2) is 0 Å². The van der Waals surface area contributed by atoms with Gasteiger partial charge < -0.3 is 15.0 Å². The molecular formula is C23H34N2O3S. The number of ether oxygens (including phenoxy) is 1. The summed E-state index contributed by atoms with van der Waals surface area (Å²) in [4.78, 5) is 30.3. The van der Waals surface area contributed by atoms with Crippen LogP contribution in [0.5, 0.6) is 0 Å². The summed E-state index contributed by atoms with van der Waals surface area (Å²) in [6, 6.07) is 2.10. The topological polar surface area (TPSA) is 58.6 Å². The molecule has 1 aliphatic heterocycles. The number of methoxy groups -OCH3 is 1. The maximum absolute atomic E-state index is 13.3. The number of nitrogens with one attached hydrogen (secondary N) is 1. The van der Waals surface area contributed by atoms with E-state index in [1.165, 1.54) is 36.1 Å². The van der Waals surface area contributed by atoms with Gasteiger partial charge in [0.25, 0.3) is 5.91 Å². The second-order valence-electron chi connectivity index (χ2n) is 9.04. The second-order valence-corrected chi connectivity index (χ2v) is 10.2. The number of likely N-dealkylation sites (tertiary alicyclic amines) is 1. The predicted molar refractivity (Wildman–Crippen MR) is 115 cm³/mol. The molecule has 0 bridgehead atoms. The van der Waals surface area contributed by atoms with Gasteiger partial charge in [-0.2, -0.15) is 0 Å². The first-order valence-corrected chi connectivity index (χ1v) is 12.1. The van der Waals surface area contributed by atoms with Crippen molar-refractivity contribution >= 4 is 23.2 Å². The van der Waals surface area contributed by atoms with Crippen molar-refractivity contribution in [1.82, 2.24) is 10.2 Å². The number of nitrogens with zero attached hydrogens (tertiary/aromatic N) is 1. The zero-order chi connectivity index (χ0) is 20.3. The number of piperidine rings is 1. The van der Waals surface area contributed by atoms with Crippen LogP contribution >= 0.6 is 11.3 Å². The Labute approximate surface area is 178 Å². The standard InChI is InChI=1S/C23H34N2O3S/c1-28-18-9-6-13-25(15-18)22(27)23(11-7-12-23)16-24-21(26)20-14-17-8-4-2-3-5-10-19(17)29-20/h14,18H,2-13,15-16H2,1H3,(H,24,26). The lowest BCUT2D eigenvalue weighted by Crippen LogP contribution is -2.56. The minimum atomic E-state index is -0.406. The molecule has 1 N–H and O–H groups in total. The summed E-state index contributed by atoms with van der Waals surface area (Å²) in [5.41, 5.74) is 0.963. The van der Waals surface area contributed by atoms with Crippen molar-refractivity contribution in [2.45, 2.75) is 76.7 Å². The molecule has 2 heterocycles. The summed E-state index contributed by atoms with van der Waals surface area (Å²) >= 11 is 1.66. The van der Waals surface area contributed by atoms with Crippen LogP contribution in [0.4, 0.5) is 0 Å².